The van der Waals surface area contributed by atoms with E-state index in [0.29, 0.717) is 0 Å². The van der Waals surface area contributed by atoms with Gasteiger partial charge in [0.1, 0.15) is 10.4 Å². The Morgan fingerprint density at radius 1 is 1.40 bits per heavy atom. The molecule has 0 bridgehead atoms. The maximum atomic E-state index is 4.61. The van der Waals surface area contributed by atoms with E-state index in [2.05, 4.69) is 30.8 Å². The van der Waals surface area contributed by atoms with Gasteiger partial charge in [-0.3, -0.25) is 0 Å². The summed E-state index contributed by atoms with van der Waals surface area (Å²) in [6.07, 6.45) is 6.46. The maximum absolute atomic E-state index is 4.61. The van der Waals surface area contributed by atoms with Crippen LogP contribution in [0.4, 0.5) is 0 Å². The smallest absolute Gasteiger partial charge is 0.127 e. The van der Waals surface area contributed by atoms with Crippen LogP contribution in [-0.4, -0.2) is 15.6 Å². The van der Waals surface area contributed by atoms with E-state index in [1.165, 1.54) is 43.6 Å². The summed E-state index contributed by atoms with van der Waals surface area (Å²) >= 11 is 3.57. The fraction of sp³-hybridized carbons (Fsp3) is 0.727. The van der Waals surface area contributed by atoms with Crippen molar-refractivity contribution in [1.29, 1.82) is 0 Å². The van der Waals surface area contributed by atoms with Gasteiger partial charge in [-0.15, -0.1) is 0 Å². The lowest BCUT2D eigenvalue weighted by atomic mass is 10.1. The lowest BCUT2D eigenvalue weighted by Crippen LogP contribution is -2.21. The molecule has 82 valence electrons. The van der Waals surface area contributed by atoms with Gasteiger partial charge in [-0.25, -0.2) is 4.98 Å². The molecular weight excluding hydrogens is 254 g/mol. The molecule has 0 atom stereocenters. The van der Waals surface area contributed by atoms with Gasteiger partial charge in [-0.2, -0.15) is 0 Å². The second-order valence-corrected chi connectivity index (χ2v) is 5.28. The van der Waals surface area contributed by atoms with E-state index in [1.54, 1.807) is 0 Å². The summed E-state index contributed by atoms with van der Waals surface area (Å²) in [6.45, 7) is 2.08. The van der Waals surface area contributed by atoms with Gasteiger partial charge in [0.25, 0.3) is 0 Å². The summed E-state index contributed by atoms with van der Waals surface area (Å²) in [5.41, 5.74) is 1.40. The van der Waals surface area contributed by atoms with E-state index in [9.17, 15) is 0 Å². The van der Waals surface area contributed by atoms with E-state index in [0.717, 1.165) is 23.7 Å². The normalized spacial score (nSPS) is 20.3. The molecule has 1 saturated carbocycles. The van der Waals surface area contributed by atoms with Crippen LogP contribution in [0.25, 0.3) is 0 Å². The Morgan fingerprint density at radius 3 is 3.07 bits per heavy atom. The van der Waals surface area contributed by atoms with Gasteiger partial charge in [-0.1, -0.05) is 0 Å². The van der Waals surface area contributed by atoms with Crippen molar-refractivity contribution in [1.82, 2.24) is 14.9 Å². The minimum absolute atomic E-state index is 0.764. The van der Waals surface area contributed by atoms with Crippen molar-refractivity contribution in [3.8, 4) is 0 Å². The molecule has 1 N–H and O–H groups in total. The Labute approximate surface area is 98.4 Å². The molecule has 15 heavy (non-hydrogen) atoms. The molecule has 1 aliphatic carbocycles. The molecule has 1 aromatic rings. The fourth-order valence-electron chi connectivity index (χ4n) is 2.23. The quantitative estimate of drug-likeness (QED) is 0.912. The molecule has 3 rings (SSSR count). The average Bonchev–Trinajstić information content (AvgIpc) is 3.03. The summed E-state index contributed by atoms with van der Waals surface area (Å²) < 4.78 is 3.46. The molecule has 0 spiro atoms. The number of rotatable bonds is 3. The van der Waals surface area contributed by atoms with Crippen molar-refractivity contribution in [2.45, 2.75) is 51.2 Å². The SMILES string of the molecule is Brc1nc(CNC2CC2)n2c1CCCC2. The van der Waals surface area contributed by atoms with E-state index in [1.807, 2.05) is 0 Å². The van der Waals surface area contributed by atoms with Gasteiger partial charge in [0.15, 0.2) is 0 Å². The van der Waals surface area contributed by atoms with Gasteiger partial charge in [0.2, 0.25) is 0 Å². The third kappa shape index (κ3) is 1.97. The van der Waals surface area contributed by atoms with Crippen LogP contribution in [0.5, 0.6) is 0 Å². The van der Waals surface area contributed by atoms with E-state index < -0.39 is 0 Å². The minimum Gasteiger partial charge on any atom is -0.330 e. The van der Waals surface area contributed by atoms with Crippen LogP contribution in [0.3, 0.4) is 0 Å². The molecule has 0 unspecified atom stereocenters. The maximum Gasteiger partial charge on any atom is 0.127 e. The molecule has 1 aromatic heterocycles. The van der Waals surface area contributed by atoms with Crippen LogP contribution in [0.1, 0.15) is 37.2 Å². The van der Waals surface area contributed by atoms with Crippen LogP contribution >= 0.6 is 15.9 Å². The third-order valence-electron chi connectivity index (χ3n) is 3.27. The van der Waals surface area contributed by atoms with Crippen LogP contribution in [0, 0.1) is 0 Å². The molecule has 0 aromatic carbocycles. The van der Waals surface area contributed by atoms with E-state index >= 15 is 0 Å². The molecular formula is C11H16BrN3. The predicted octanol–water partition coefficient (Wildman–Crippen LogP) is 2.23. The first kappa shape index (κ1) is 9.85. The molecule has 4 heteroatoms. The number of hydrogen-bond donors (Lipinski definition) is 1. The topological polar surface area (TPSA) is 29.9 Å². The fourth-order valence-corrected chi connectivity index (χ4v) is 2.84. The Kier molecular flexibility index (Phi) is 2.56. The number of nitrogens with zero attached hydrogens (tertiary/aromatic N) is 2. The molecule has 1 aliphatic heterocycles. The van der Waals surface area contributed by atoms with Gasteiger partial charge in [0.05, 0.1) is 12.2 Å². The van der Waals surface area contributed by atoms with Gasteiger partial charge in [0, 0.05) is 12.6 Å². The second kappa shape index (κ2) is 3.91. The molecule has 1 fully saturated rings. The van der Waals surface area contributed by atoms with Crippen molar-refractivity contribution in [3.05, 3.63) is 16.1 Å². The summed E-state index contributed by atoms with van der Waals surface area (Å²) in [5, 5.41) is 3.53. The van der Waals surface area contributed by atoms with Crippen molar-refractivity contribution in [2.75, 3.05) is 0 Å². The Bertz CT molecular complexity index is 368. The highest BCUT2D eigenvalue weighted by atomic mass is 79.9. The van der Waals surface area contributed by atoms with Crippen LogP contribution in [-0.2, 0) is 19.5 Å². The Morgan fingerprint density at radius 2 is 2.27 bits per heavy atom. The largest absolute Gasteiger partial charge is 0.330 e. The summed E-state index contributed by atoms with van der Waals surface area (Å²) in [7, 11) is 0. The monoisotopic (exact) mass is 269 g/mol. The zero-order chi connectivity index (χ0) is 10.3. The third-order valence-corrected chi connectivity index (χ3v) is 3.91. The highest BCUT2D eigenvalue weighted by Crippen LogP contribution is 2.25. The first-order chi connectivity index (χ1) is 7.34. The second-order valence-electron chi connectivity index (χ2n) is 4.53. The average molecular weight is 270 g/mol. The molecule has 3 nitrogen and oxygen atoms in total. The minimum atomic E-state index is 0.764. The lowest BCUT2D eigenvalue weighted by Gasteiger charge is -2.16. The summed E-state index contributed by atoms with van der Waals surface area (Å²) in [5.74, 6) is 1.21. The first-order valence-corrected chi connectivity index (χ1v) is 6.61. The van der Waals surface area contributed by atoms with E-state index in [-0.39, 0.29) is 0 Å². The molecule has 2 heterocycles. The van der Waals surface area contributed by atoms with Crippen molar-refractivity contribution in [2.24, 2.45) is 0 Å². The number of halogens is 1. The Hall–Kier alpha value is -0.350. The predicted molar refractivity (Wildman–Crippen MR) is 62.7 cm³/mol. The standard InChI is InChI=1S/C11H16BrN3/c12-11-9-3-1-2-6-15(9)10(14-11)7-13-8-4-5-8/h8,13H,1-7H2. The van der Waals surface area contributed by atoms with Crippen molar-refractivity contribution in [3.63, 3.8) is 0 Å². The Balaban J connectivity index is 1.79. The summed E-state index contributed by atoms with van der Waals surface area (Å²) in [6, 6.07) is 0.764. The molecule has 0 radical (unpaired) electrons. The highest BCUT2D eigenvalue weighted by Gasteiger charge is 2.23. The van der Waals surface area contributed by atoms with Gasteiger partial charge >= 0.3 is 0 Å². The van der Waals surface area contributed by atoms with E-state index in [4.69, 9.17) is 0 Å². The van der Waals surface area contributed by atoms with Gasteiger partial charge in [-0.05, 0) is 48.0 Å². The number of hydrogen-bond acceptors (Lipinski definition) is 2. The number of aromatic nitrogens is 2. The first-order valence-electron chi connectivity index (χ1n) is 5.82. The zero-order valence-electron chi connectivity index (χ0n) is 8.80. The zero-order valence-corrected chi connectivity index (χ0v) is 10.4. The van der Waals surface area contributed by atoms with Crippen LogP contribution in [0.2, 0.25) is 0 Å². The van der Waals surface area contributed by atoms with Crippen molar-refractivity contribution < 1.29 is 0 Å². The molecule has 0 amide bonds. The summed E-state index contributed by atoms with van der Waals surface area (Å²) in [4.78, 5) is 4.61. The van der Waals surface area contributed by atoms with Gasteiger partial charge < -0.3 is 9.88 Å². The molecule has 2 aliphatic rings. The number of fused-ring (bicyclic) bond motifs is 1. The highest BCUT2D eigenvalue weighted by molar-refractivity contribution is 9.10. The van der Waals surface area contributed by atoms with Crippen LogP contribution < -0.4 is 5.32 Å². The van der Waals surface area contributed by atoms with Crippen molar-refractivity contribution >= 4 is 15.9 Å². The van der Waals surface area contributed by atoms with Crippen LogP contribution in [0.15, 0.2) is 4.60 Å². The number of nitrogens with one attached hydrogen (secondary N) is 1. The lowest BCUT2D eigenvalue weighted by molar-refractivity contribution is 0.501. The molecule has 0 saturated heterocycles. The number of imidazole rings is 1.